The van der Waals surface area contributed by atoms with Crippen molar-refractivity contribution in [2.45, 2.75) is 32.7 Å². The maximum atomic E-state index is 5.37. The Morgan fingerprint density at radius 2 is 2.21 bits per heavy atom. The van der Waals surface area contributed by atoms with E-state index in [0.29, 0.717) is 6.04 Å². The quantitative estimate of drug-likeness (QED) is 0.602. The van der Waals surface area contributed by atoms with Gasteiger partial charge >= 0.3 is 0 Å². The molecule has 2 atom stereocenters. The van der Waals surface area contributed by atoms with Crippen LogP contribution in [0.2, 0.25) is 0 Å². The highest BCUT2D eigenvalue weighted by atomic mass is 16.5. The average Bonchev–Trinajstić information content (AvgIpc) is 2.70. The predicted molar refractivity (Wildman–Crippen MR) is 59.6 cm³/mol. The molecule has 3 nitrogen and oxygen atoms in total. The van der Waals surface area contributed by atoms with E-state index in [1.807, 2.05) is 0 Å². The van der Waals surface area contributed by atoms with Gasteiger partial charge in [0.2, 0.25) is 0 Å². The van der Waals surface area contributed by atoms with Crippen molar-refractivity contribution in [3.05, 3.63) is 0 Å². The van der Waals surface area contributed by atoms with Crippen LogP contribution >= 0.6 is 0 Å². The minimum absolute atomic E-state index is 0.598. The molecule has 1 aliphatic rings. The average molecular weight is 200 g/mol. The van der Waals surface area contributed by atoms with Gasteiger partial charge in [0, 0.05) is 25.7 Å². The molecule has 0 aromatic rings. The molecule has 3 heteroatoms. The summed E-state index contributed by atoms with van der Waals surface area (Å²) in [4.78, 5) is 0. The van der Waals surface area contributed by atoms with E-state index in [-0.39, 0.29) is 0 Å². The highest BCUT2D eigenvalue weighted by Crippen LogP contribution is 2.15. The van der Waals surface area contributed by atoms with Gasteiger partial charge in [0.1, 0.15) is 0 Å². The van der Waals surface area contributed by atoms with Crippen molar-refractivity contribution in [2.75, 3.05) is 32.8 Å². The fourth-order valence-electron chi connectivity index (χ4n) is 1.80. The molecular formula is C11H24N2O. The zero-order valence-corrected chi connectivity index (χ0v) is 9.51. The summed E-state index contributed by atoms with van der Waals surface area (Å²) < 4.78 is 5.37. The molecule has 0 radical (unpaired) electrons. The van der Waals surface area contributed by atoms with E-state index < -0.39 is 0 Å². The van der Waals surface area contributed by atoms with Crippen molar-refractivity contribution in [3.8, 4) is 0 Å². The van der Waals surface area contributed by atoms with E-state index >= 15 is 0 Å². The van der Waals surface area contributed by atoms with Gasteiger partial charge in [-0.05, 0) is 32.2 Å². The lowest BCUT2D eigenvalue weighted by Gasteiger charge is -2.19. The third kappa shape index (κ3) is 4.40. The lowest BCUT2D eigenvalue weighted by Crippen LogP contribution is -2.38. The second kappa shape index (κ2) is 7.21. The fraction of sp³-hybridized carbons (Fsp3) is 1.00. The smallest absolute Gasteiger partial charge is 0.0509 e. The first-order chi connectivity index (χ1) is 6.84. The Balaban J connectivity index is 1.94. The van der Waals surface area contributed by atoms with Crippen LogP contribution in [-0.4, -0.2) is 38.9 Å². The molecule has 0 saturated carbocycles. The van der Waals surface area contributed by atoms with Crippen molar-refractivity contribution >= 4 is 0 Å². The van der Waals surface area contributed by atoms with Gasteiger partial charge in [-0.3, -0.25) is 0 Å². The molecule has 0 amide bonds. The van der Waals surface area contributed by atoms with Gasteiger partial charge in [-0.2, -0.15) is 0 Å². The summed E-state index contributed by atoms with van der Waals surface area (Å²) in [5, 5.41) is 6.93. The molecular weight excluding hydrogens is 176 g/mol. The van der Waals surface area contributed by atoms with Crippen molar-refractivity contribution in [1.82, 2.24) is 10.6 Å². The lowest BCUT2D eigenvalue weighted by atomic mass is 10.0. The molecule has 1 heterocycles. The normalized spacial score (nSPS) is 24.0. The first-order valence-corrected chi connectivity index (χ1v) is 5.86. The third-order valence-electron chi connectivity index (χ3n) is 2.87. The number of hydrogen-bond acceptors (Lipinski definition) is 3. The molecule has 1 aliphatic heterocycles. The third-order valence-corrected chi connectivity index (χ3v) is 2.87. The summed E-state index contributed by atoms with van der Waals surface area (Å²) in [6.07, 6.45) is 2.43. The van der Waals surface area contributed by atoms with Crippen LogP contribution in [0.15, 0.2) is 0 Å². The largest absolute Gasteiger partial charge is 0.381 e. The summed E-state index contributed by atoms with van der Waals surface area (Å²) in [6, 6.07) is 0.598. The van der Waals surface area contributed by atoms with Gasteiger partial charge in [0.25, 0.3) is 0 Å². The second-order valence-corrected chi connectivity index (χ2v) is 4.12. The van der Waals surface area contributed by atoms with Gasteiger partial charge in [-0.15, -0.1) is 0 Å². The number of rotatable bonds is 7. The zero-order chi connectivity index (χ0) is 10.2. The van der Waals surface area contributed by atoms with E-state index in [9.17, 15) is 0 Å². The van der Waals surface area contributed by atoms with Crippen LogP contribution in [0.5, 0.6) is 0 Å². The minimum Gasteiger partial charge on any atom is -0.381 e. The van der Waals surface area contributed by atoms with E-state index in [1.54, 1.807) is 0 Å². The van der Waals surface area contributed by atoms with Crippen molar-refractivity contribution in [2.24, 2.45) is 5.92 Å². The lowest BCUT2D eigenvalue weighted by molar-refractivity contribution is 0.178. The summed E-state index contributed by atoms with van der Waals surface area (Å²) in [6.45, 7) is 9.62. The Hall–Kier alpha value is -0.120. The van der Waals surface area contributed by atoms with Crippen molar-refractivity contribution < 1.29 is 4.74 Å². The fourth-order valence-corrected chi connectivity index (χ4v) is 1.80. The van der Waals surface area contributed by atoms with Gasteiger partial charge in [0.15, 0.2) is 0 Å². The second-order valence-electron chi connectivity index (χ2n) is 4.12. The highest BCUT2D eigenvalue weighted by molar-refractivity contribution is 4.75. The van der Waals surface area contributed by atoms with Crippen LogP contribution < -0.4 is 10.6 Å². The maximum Gasteiger partial charge on any atom is 0.0509 e. The van der Waals surface area contributed by atoms with Crippen LogP contribution in [0.1, 0.15) is 26.7 Å². The van der Waals surface area contributed by atoms with Crippen LogP contribution in [0.3, 0.4) is 0 Å². The highest BCUT2D eigenvalue weighted by Gasteiger charge is 2.21. The molecule has 0 aliphatic carbocycles. The molecule has 1 rings (SSSR count). The Bertz CT molecular complexity index is 135. The Labute approximate surface area is 87.6 Å². The number of nitrogens with one attached hydrogen (secondary N) is 2. The van der Waals surface area contributed by atoms with E-state index in [1.165, 1.54) is 12.8 Å². The van der Waals surface area contributed by atoms with Crippen LogP contribution in [0.4, 0.5) is 0 Å². The molecule has 0 aromatic carbocycles. The van der Waals surface area contributed by atoms with E-state index in [2.05, 4.69) is 24.5 Å². The van der Waals surface area contributed by atoms with Crippen molar-refractivity contribution in [1.29, 1.82) is 0 Å². The maximum absolute atomic E-state index is 5.37. The number of hydrogen-bond donors (Lipinski definition) is 2. The topological polar surface area (TPSA) is 33.3 Å². The molecule has 0 spiro atoms. The van der Waals surface area contributed by atoms with E-state index in [4.69, 9.17) is 4.74 Å². The molecule has 0 bridgehead atoms. The molecule has 14 heavy (non-hydrogen) atoms. The number of ether oxygens (including phenoxy) is 1. The SMILES string of the molecule is CCCNCCNC(C)C1CCOC1. The molecule has 84 valence electrons. The minimum atomic E-state index is 0.598. The van der Waals surface area contributed by atoms with Gasteiger partial charge < -0.3 is 15.4 Å². The Morgan fingerprint density at radius 3 is 2.86 bits per heavy atom. The molecule has 1 saturated heterocycles. The monoisotopic (exact) mass is 200 g/mol. The Morgan fingerprint density at radius 1 is 1.36 bits per heavy atom. The van der Waals surface area contributed by atoms with Gasteiger partial charge in [-0.25, -0.2) is 0 Å². The van der Waals surface area contributed by atoms with Gasteiger partial charge in [-0.1, -0.05) is 6.92 Å². The summed E-state index contributed by atoms with van der Waals surface area (Å²) >= 11 is 0. The van der Waals surface area contributed by atoms with Gasteiger partial charge in [0.05, 0.1) is 6.61 Å². The summed E-state index contributed by atoms with van der Waals surface area (Å²) in [7, 11) is 0. The summed E-state index contributed by atoms with van der Waals surface area (Å²) in [5.41, 5.74) is 0. The van der Waals surface area contributed by atoms with Crippen LogP contribution in [0, 0.1) is 5.92 Å². The van der Waals surface area contributed by atoms with Crippen LogP contribution in [-0.2, 0) is 4.74 Å². The molecule has 2 unspecified atom stereocenters. The predicted octanol–water partition coefficient (Wildman–Crippen LogP) is 1.00. The van der Waals surface area contributed by atoms with Crippen molar-refractivity contribution in [3.63, 3.8) is 0 Å². The molecule has 1 fully saturated rings. The first kappa shape index (κ1) is 12.0. The molecule has 2 N–H and O–H groups in total. The standard InChI is InChI=1S/C11H24N2O/c1-3-5-12-6-7-13-10(2)11-4-8-14-9-11/h10-13H,3-9H2,1-2H3. The summed E-state index contributed by atoms with van der Waals surface area (Å²) in [5.74, 6) is 0.723. The first-order valence-electron chi connectivity index (χ1n) is 5.86. The van der Waals surface area contributed by atoms with Crippen LogP contribution in [0.25, 0.3) is 0 Å². The zero-order valence-electron chi connectivity index (χ0n) is 9.51. The molecule has 0 aromatic heterocycles. The Kier molecular flexibility index (Phi) is 6.15. The van der Waals surface area contributed by atoms with E-state index in [0.717, 1.165) is 38.8 Å².